The lowest BCUT2D eigenvalue weighted by Crippen LogP contribution is -2.12. The highest BCUT2D eigenvalue weighted by molar-refractivity contribution is 7.15. The van der Waals surface area contributed by atoms with Crippen LogP contribution in [0, 0.1) is 13.8 Å². The maximum absolute atomic E-state index is 12.3. The first kappa shape index (κ1) is 18.4. The van der Waals surface area contributed by atoms with E-state index in [9.17, 15) is 14.4 Å². The van der Waals surface area contributed by atoms with E-state index in [2.05, 4.69) is 5.32 Å². The minimum Gasteiger partial charge on any atom is -0.478 e. The van der Waals surface area contributed by atoms with Gasteiger partial charge >= 0.3 is 11.9 Å². The summed E-state index contributed by atoms with van der Waals surface area (Å²) in [6, 6.07) is 5.89. The maximum atomic E-state index is 12.3. The number of thiophene rings is 1. The van der Waals surface area contributed by atoms with Crippen molar-refractivity contribution < 1.29 is 24.2 Å². The van der Waals surface area contributed by atoms with Crippen LogP contribution in [-0.2, 0) is 14.3 Å². The van der Waals surface area contributed by atoms with Gasteiger partial charge in [0.15, 0.2) is 0 Å². The molecular formula is C18H17NO5S. The molecule has 0 fully saturated rings. The molecule has 1 amide bonds. The minimum atomic E-state index is -1.23. The van der Waals surface area contributed by atoms with Crippen LogP contribution in [0.4, 0.5) is 5.00 Å². The number of carboxylic acid groups (broad SMARTS) is 1. The molecule has 0 saturated carbocycles. The Balaban J connectivity index is 2.48. The third kappa shape index (κ3) is 4.33. The predicted octanol–water partition coefficient (Wildman–Crippen LogP) is 3.40. The average Bonchev–Trinajstić information content (AvgIpc) is 2.97. The van der Waals surface area contributed by atoms with E-state index in [1.165, 1.54) is 18.4 Å². The Morgan fingerprint density at radius 2 is 1.88 bits per heavy atom. The van der Waals surface area contributed by atoms with Crippen molar-refractivity contribution in [2.24, 2.45) is 0 Å². The quantitative estimate of drug-likeness (QED) is 0.630. The topological polar surface area (TPSA) is 92.7 Å². The van der Waals surface area contributed by atoms with Gasteiger partial charge in [0.2, 0.25) is 5.91 Å². The predicted molar refractivity (Wildman–Crippen MR) is 96.0 cm³/mol. The van der Waals surface area contributed by atoms with E-state index >= 15 is 0 Å². The molecule has 6 nitrogen and oxygen atoms in total. The fraction of sp³-hybridized carbons (Fsp3) is 0.167. The highest BCUT2D eigenvalue weighted by Gasteiger charge is 2.22. The second-order valence-electron chi connectivity index (χ2n) is 5.32. The van der Waals surface area contributed by atoms with Crippen LogP contribution in [0.5, 0.6) is 0 Å². The second kappa shape index (κ2) is 7.76. The monoisotopic (exact) mass is 359 g/mol. The standard InChI is InChI=1S/C18H17NO5S/c1-10-4-5-11(2)12(8-10)13-9-25-17(16(13)18(23)24-3)19-14(20)6-7-15(21)22/h4-9H,1-3H3,(H,19,20)(H,21,22). The van der Waals surface area contributed by atoms with E-state index in [1.54, 1.807) is 5.38 Å². The number of amides is 1. The molecule has 0 aliphatic heterocycles. The number of nitrogens with one attached hydrogen (secondary N) is 1. The van der Waals surface area contributed by atoms with Crippen molar-refractivity contribution in [1.82, 2.24) is 0 Å². The number of hydrogen-bond acceptors (Lipinski definition) is 5. The Morgan fingerprint density at radius 3 is 2.52 bits per heavy atom. The normalized spacial score (nSPS) is 10.7. The number of benzene rings is 1. The van der Waals surface area contributed by atoms with Gasteiger partial charge in [-0.2, -0.15) is 0 Å². The smallest absolute Gasteiger partial charge is 0.341 e. The number of anilines is 1. The maximum Gasteiger partial charge on any atom is 0.341 e. The minimum absolute atomic E-state index is 0.248. The third-order valence-corrected chi connectivity index (χ3v) is 4.37. The van der Waals surface area contributed by atoms with Gasteiger partial charge in [-0.25, -0.2) is 9.59 Å². The van der Waals surface area contributed by atoms with Crippen LogP contribution in [0.25, 0.3) is 11.1 Å². The van der Waals surface area contributed by atoms with Crippen molar-refractivity contribution in [3.8, 4) is 11.1 Å². The highest BCUT2D eigenvalue weighted by atomic mass is 32.1. The molecule has 130 valence electrons. The van der Waals surface area contributed by atoms with Crippen molar-refractivity contribution >= 4 is 34.2 Å². The fourth-order valence-electron chi connectivity index (χ4n) is 2.28. The number of aryl methyl sites for hydroxylation is 2. The van der Waals surface area contributed by atoms with Crippen LogP contribution < -0.4 is 5.32 Å². The molecule has 0 bridgehead atoms. The van der Waals surface area contributed by atoms with Gasteiger partial charge in [-0.15, -0.1) is 11.3 Å². The molecule has 0 radical (unpaired) electrons. The van der Waals surface area contributed by atoms with E-state index in [-0.39, 0.29) is 5.56 Å². The molecule has 2 rings (SSSR count). The zero-order valence-electron chi connectivity index (χ0n) is 14.0. The zero-order chi connectivity index (χ0) is 18.6. The number of carboxylic acids is 1. The molecule has 0 saturated heterocycles. The van der Waals surface area contributed by atoms with Gasteiger partial charge in [0.25, 0.3) is 0 Å². The van der Waals surface area contributed by atoms with Gasteiger partial charge in [0.05, 0.1) is 7.11 Å². The second-order valence-corrected chi connectivity index (χ2v) is 6.20. The largest absolute Gasteiger partial charge is 0.478 e. The third-order valence-electron chi connectivity index (χ3n) is 3.48. The van der Waals surface area contributed by atoms with Gasteiger partial charge in [-0.1, -0.05) is 23.8 Å². The van der Waals surface area contributed by atoms with E-state index < -0.39 is 17.8 Å². The van der Waals surface area contributed by atoms with E-state index in [0.717, 1.165) is 28.8 Å². The number of carbonyl (C=O) groups is 3. The number of rotatable bonds is 5. The van der Waals surface area contributed by atoms with Crippen molar-refractivity contribution in [3.05, 3.63) is 52.4 Å². The van der Waals surface area contributed by atoms with Crippen molar-refractivity contribution in [3.63, 3.8) is 0 Å². The Kier molecular flexibility index (Phi) is 5.71. The Labute approximate surface area is 148 Å². The Bertz CT molecular complexity index is 866. The summed E-state index contributed by atoms with van der Waals surface area (Å²) in [5.74, 6) is -2.44. The van der Waals surface area contributed by atoms with Gasteiger partial charge < -0.3 is 15.2 Å². The molecule has 0 aliphatic rings. The SMILES string of the molecule is COC(=O)c1c(-c2cc(C)ccc2C)csc1NC(=O)C=CC(=O)O. The van der Waals surface area contributed by atoms with Gasteiger partial charge in [-0.05, 0) is 25.0 Å². The van der Waals surface area contributed by atoms with E-state index in [4.69, 9.17) is 9.84 Å². The summed E-state index contributed by atoms with van der Waals surface area (Å²) in [4.78, 5) is 34.6. The summed E-state index contributed by atoms with van der Waals surface area (Å²) in [6.45, 7) is 3.88. The number of hydrogen-bond donors (Lipinski definition) is 2. The summed E-state index contributed by atoms with van der Waals surface area (Å²) in [6.07, 6.45) is 1.62. The number of carbonyl (C=O) groups excluding carboxylic acids is 2. The molecule has 0 unspecified atom stereocenters. The Hall–Kier alpha value is -2.93. The summed E-state index contributed by atoms with van der Waals surface area (Å²) in [5.41, 5.74) is 3.81. The van der Waals surface area contributed by atoms with Crippen LogP contribution >= 0.6 is 11.3 Å². The zero-order valence-corrected chi connectivity index (χ0v) is 14.8. The molecule has 2 N–H and O–H groups in total. The molecule has 0 spiro atoms. The average molecular weight is 359 g/mol. The van der Waals surface area contributed by atoms with Crippen molar-refractivity contribution in [2.45, 2.75) is 13.8 Å². The highest BCUT2D eigenvalue weighted by Crippen LogP contribution is 2.37. The summed E-state index contributed by atoms with van der Waals surface area (Å²) in [7, 11) is 1.27. The molecule has 7 heteroatoms. The molecular weight excluding hydrogens is 342 g/mol. The first-order valence-electron chi connectivity index (χ1n) is 7.33. The van der Waals surface area contributed by atoms with Gasteiger partial charge in [0, 0.05) is 23.1 Å². The molecule has 1 aromatic heterocycles. The molecule has 0 atom stereocenters. The summed E-state index contributed by atoms with van der Waals surface area (Å²) >= 11 is 1.18. The first-order chi connectivity index (χ1) is 11.8. The Morgan fingerprint density at radius 1 is 1.16 bits per heavy atom. The van der Waals surface area contributed by atoms with Crippen LogP contribution in [0.3, 0.4) is 0 Å². The fourth-order valence-corrected chi connectivity index (χ4v) is 3.23. The van der Waals surface area contributed by atoms with Gasteiger partial charge in [0.1, 0.15) is 10.6 Å². The van der Waals surface area contributed by atoms with Crippen molar-refractivity contribution in [1.29, 1.82) is 0 Å². The van der Waals surface area contributed by atoms with Crippen LogP contribution in [0.15, 0.2) is 35.7 Å². The summed E-state index contributed by atoms with van der Waals surface area (Å²) < 4.78 is 4.85. The number of ether oxygens (including phenoxy) is 1. The molecule has 2 aromatic rings. The van der Waals surface area contributed by atoms with Crippen LogP contribution in [-0.4, -0.2) is 30.1 Å². The first-order valence-corrected chi connectivity index (χ1v) is 8.21. The van der Waals surface area contributed by atoms with E-state index in [1.807, 2.05) is 32.0 Å². The lowest BCUT2D eigenvalue weighted by atomic mass is 9.97. The lowest BCUT2D eigenvalue weighted by molar-refractivity contribution is -0.131. The molecule has 25 heavy (non-hydrogen) atoms. The number of methoxy groups -OCH3 is 1. The van der Waals surface area contributed by atoms with Crippen LogP contribution in [0.1, 0.15) is 21.5 Å². The lowest BCUT2D eigenvalue weighted by Gasteiger charge is -2.09. The molecule has 1 heterocycles. The van der Waals surface area contributed by atoms with Crippen LogP contribution in [0.2, 0.25) is 0 Å². The molecule has 1 aromatic carbocycles. The number of esters is 1. The number of aliphatic carboxylic acids is 1. The summed E-state index contributed by atoms with van der Waals surface area (Å²) in [5, 5.41) is 13.2. The van der Waals surface area contributed by atoms with Crippen molar-refractivity contribution in [2.75, 3.05) is 12.4 Å². The van der Waals surface area contributed by atoms with Gasteiger partial charge in [-0.3, -0.25) is 4.79 Å². The van der Waals surface area contributed by atoms with E-state index in [0.29, 0.717) is 10.6 Å². The molecule has 0 aliphatic carbocycles.